The molecule has 6 nitrogen and oxygen atoms in total. The van der Waals surface area contributed by atoms with Crippen LogP contribution in [0, 0.1) is 0 Å². The normalized spacial score (nSPS) is 15.9. The van der Waals surface area contributed by atoms with E-state index in [1.165, 1.54) is 0 Å². The highest BCUT2D eigenvalue weighted by Crippen LogP contribution is 2.24. The zero-order valence-corrected chi connectivity index (χ0v) is 15.3. The summed E-state index contributed by atoms with van der Waals surface area (Å²) >= 11 is 6.28. The number of rotatable bonds is 6. The molecule has 1 aromatic heterocycles. The highest BCUT2D eigenvalue weighted by molar-refractivity contribution is 6.31. The molecule has 26 heavy (non-hydrogen) atoms. The zero-order chi connectivity index (χ0) is 18.5. The molecule has 1 aliphatic heterocycles. The molecule has 1 fully saturated rings. The first-order valence-corrected chi connectivity index (χ1v) is 9.10. The lowest BCUT2D eigenvalue weighted by Gasteiger charge is -2.31. The van der Waals surface area contributed by atoms with Gasteiger partial charge in [0.25, 0.3) is 5.91 Å². The molecule has 0 atom stereocenters. The summed E-state index contributed by atoms with van der Waals surface area (Å²) in [6.07, 6.45) is 1.93. The van der Waals surface area contributed by atoms with Crippen LogP contribution in [0.4, 0.5) is 10.1 Å². The van der Waals surface area contributed by atoms with Crippen LogP contribution in [0.5, 0.6) is 0 Å². The molecule has 2 heterocycles. The summed E-state index contributed by atoms with van der Waals surface area (Å²) in [7, 11) is 0. The standard InChI is InChI=1S/C18H23ClFN5O/c19-15-2-1-3-16(21)14(15)12-25(18(26)17-4-7-22-23-17)11-10-24-8-5-13(20)6-9-24/h1-4,7,13H,5-6,8-12,21H2,(H,22,23). The average molecular weight is 380 g/mol. The topological polar surface area (TPSA) is 78.2 Å². The van der Waals surface area contributed by atoms with Crippen LogP contribution in [0.2, 0.25) is 5.02 Å². The number of benzene rings is 1. The highest BCUT2D eigenvalue weighted by atomic mass is 35.5. The van der Waals surface area contributed by atoms with Gasteiger partial charge in [0.1, 0.15) is 11.9 Å². The third-order valence-electron chi connectivity index (χ3n) is 4.73. The van der Waals surface area contributed by atoms with Gasteiger partial charge < -0.3 is 15.5 Å². The number of hydrogen-bond donors (Lipinski definition) is 2. The number of H-pyrrole nitrogens is 1. The van der Waals surface area contributed by atoms with Crippen molar-refractivity contribution in [3.63, 3.8) is 0 Å². The van der Waals surface area contributed by atoms with Gasteiger partial charge in [-0.3, -0.25) is 9.89 Å². The van der Waals surface area contributed by atoms with Gasteiger partial charge in [-0.1, -0.05) is 17.7 Å². The highest BCUT2D eigenvalue weighted by Gasteiger charge is 2.23. The van der Waals surface area contributed by atoms with E-state index in [1.807, 2.05) is 0 Å². The number of nitrogens with zero attached hydrogens (tertiary/aromatic N) is 3. The maximum atomic E-state index is 13.3. The predicted octanol–water partition coefficient (Wildman–Crippen LogP) is 2.72. The molecular weight excluding hydrogens is 357 g/mol. The van der Waals surface area contributed by atoms with Gasteiger partial charge in [0.2, 0.25) is 0 Å². The van der Waals surface area contributed by atoms with Crippen molar-refractivity contribution in [2.45, 2.75) is 25.6 Å². The summed E-state index contributed by atoms with van der Waals surface area (Å²) < 4.78 is 13.3. The van der Waals surface area contributed by atoms with Crippen LogP contribution in [0.1, 0.15) is 28.9 Å². The number of nitrogen functional groups attached to an aromatic ring is 1. The SMILES string of the molecule is Nc1cccc(Cl)c1CN(CCN1CCC(F)CC1)C(=O)c1ccn[nH]1. The van der Waals surface area contributed by atoms with Crippen LogP contribution in [-0.2, 0) is 6.54 Å². The van der Waals surface area contributed by atoms with Crippen molar-refractivity contribution in [1.82, 2.24) is 20.0 Å². The number of likely N-dealkylation sites (tertiary alicyclic amines) is 1. The first-order chi connectivity index (χ1) is 12.5. The van der Waals surface area contributed by atoms with Crippen molar-refractivity contribution >= 4 is 23.2 Å². The van der Waals surface area contributed by atoms with Gasteiger partial charge in [-0.25, -0.2) is 4.39 Å². The Balaban J connectivity index is 1.72. The number of nitrogens with one attached hydrogen (secondary N) is 1. The second kappa shape index (κ2) is 8.51. The molecule has 3 rings (SSSR count). The Kier molecular flexibility index (Phi) is 6.11. The smallest absolute Gasteiger partial charge is 0.272 e. The Morgan fingerprint density at radius 1 is 1.38 bits per heavy atom. The van der Waals surface area contributed by atoms with Gasteiger partial charge in [0.05, 0.1) is 0 Å². The van der Waals surface area contributed by atoms with Crippen molar-refractivity contribution < 1.29 is 9.18 Å². The summed E-state index contributed by atoms with van der Waals surface area (Å²) in [6, 6.07) is 6.95. The molecule has 0 radical (unpaired) electrons. The fourth-order valence-corrected chi connectivity index (χ4v) is 3.36. The first-order valence-electron chi connectivity index (χ1n) is 8.72. The molecule has 0 spiro atoms. The van der Waals surface area contributed by atoms with E-state index in [0.717, 1.165) is 5.56 Å². The minimum Gasteiger partial charge on any atom is -0.398 e. The summed E-state index contributed by atoms with van der Waals surface area (Å²) in [6.45, 7) is 2.91. The third kappa shape index (κ3) is 4.53. The van der Waals surface area contributed by atoms with Crippen LogP contribution < -0.4 is 5.73 Å². The summed E-state index contributed by atoms with van der Waals surface area (Å²) in [5.41, 5.74) is 7.74. The van der Waals surface area contributed by atoms with E-state index in [9.17, 15) is 9.18 Å². The Bertz CT molecular complexity index is 711. The number of nitrogens with two attached hydrogens (primary N) is 1. The molecule has 8 heteroatoms. The van der Waals surface area contributed by atoms with Crippen molar-refractivity contribution in [2.75, 3.05) is 31.9 Å². The van der Waals surface area contributed by atoms with Crippen molar-refractivity contribution in [3.8, 4) is 0 Å². The van der Waals surface area contributed by atoms with Gasteiger partial charge in [0.15, 0.2) is 0 Å². The van der Waals surface area contributed by atoms with Crippen LogP contribution in [0.15, 0.2) is 30.5 Å². The van der Waals surface area contributed by atoms with Crippen LogP contribution in [0.25, 0.3) is 0 Å². The van der Waals surface area contributed by atoms with Gasteiger partial charge in [0, 0.05) is 55.2 Å². The number of piperidine rings is 1. The Labute approximate surface area is 157 Å². The van der Waals surface area contributed by atoms with E-state index < -0.39 is 6.17 Å². The van der Waals surface area contributed by atoms with E-state index in [1.54, 1.807) is 35.4 Å². The Morgan fingerprint density at radius 3 is 2.81 bits per heavy atom. The zero-order valence-electron chi connectivity index (χ0n) is 14.5. The van der Waals surface area contributed by atoms with E-state index in [2.05, 4.69) is 15.1 Å². The fourth-order valence-electron chi connectivity index (χ4n) is 3.12. The number of carbonyl (C=O) groups excluding carboxylic acids is 1. The van der Waals surface area contributed by atoms with E-state index in [0.29, 0.717) is 62.0 Å². The van der Waals surface area contributed by atoms with Gasteiger partial charge in [-0.05, 0) is 31.0 Å². The third-order valence-corrected chi connectivity index (χ3v) is 5.08. The minimum atomic E-state index is -0.711. The number of aromatic amines is 1. The summed E-state index contributed by atoms with van der Waals surface area (Å²) in [5, 5.41) is 7.09. The van der Waals surface area contributed by atoms with Crippen molar-refractivity contribution in [2.24, 2.45) is 0 Å². The second-order valence-electron chi connectivity index (χ2n) is 6.52. The van der Waals surface area contributed by atoms with Crippen LogP contribution in [0.3, 0.4) is 0 Å². The number of halogens is 2. The number of amides is 1. The van der Waals surface area contributed by atoms with Crippen LogP contribution >= 0.6 is 11.6 Å². The maximum absolute atomic E-state index is 13.3. The van der Waals surface area contributed by atoms with E-state index >= 15 is 0 Å². The van der Waals surface area contributed by atoms with Crippen molar-refractivity contribution in [1.29, 1.82) is 0 Å². The Hall–Kier alpha value is -2.12. The van der Waals surface area contributed by atoms with Gasteiger partial charge >= 0.3 is 0 Å². The Morgan fingerprint density at radius 2 is 2.15 bits per heavy atom. The number of carbonyl (C=O) groups is 1. The van der Waals surface area contributed by atoms with Crippen LogP contribution in [-0.4, -0.2) is 58.3 Å². The van der Waals surface area contributed by atoms with E-state index in [4.69, 9.17) is 17.3 Å². The molecule has 0 aliphatic carbocycles. The molecule has 1 aromatic carbocycles. The maximum Gasteiger partial charge on any atom is 0.272 e. The summed E-state index contributed by atoms with van der Waals surface area (Å²) in [5.74, 6) is -0.165. The average Bonchev–Trinajstić information content (AvgIpc) is 3.16. The molecule has 0 unspecified atom stereocenters. The molecule has 0 saturated carbocycles. The molecule has 1 saturated heterocycles. The predicted molar refractivity (Wildman–Crippen MR) is 99.8 cm³/mol. The van der Waals surface area contributed by atoms with Crippen molar-refractivity contribution in [3.05, 3.63) is 46.7 Å². The second-order valence-corrected chi connectivity index (χ2v) is 6.93. The molecule has 140 valence electrons. The monoisotopic (exact) mass is 379 g/mol. The summed E-state index contributed by atoms with van der Waals surface area (Å²) in [4.78, 5) is 16.7. The van der Waals surface area contributed by atoms with E-state index in [-0.39, 0.29) is 5.91 Å². The molecule has 1 amide bonds. The molecular formula is C18H23ClFN5O. The molecule has 0 bridgehead atoms. The number of alkyl halides is 1. The van der Waals surface area contributed by atoms with Gasteiger partial charge in [-0.15, -0.1) is 0 Å². The number of anilines is 1. The minimum absolute atomic E-state index is 0.165. The lowest BCUT2D eigenvalue weighted by atomic mass is 10.1. The number of hydrogen-bond acceptors (Lipinski definition) is 4. The lowest BCUT2D eigenvalue weighted by Crippen LogP contribution is -2.42. The molecule has 2 aromatic rings. The number of aromatic nitrogens is 2. The lowest BCUT2D eigenvalue weighted by molar-refractivity contribution is 0.0695. The first kappa shape index (κ1) is 18.7. The fraction of sp³-hybridized carbons (Fsp3) is 0.444. The molecule has 1 aliphatic rings. The quantitative estimate of drug-likeness (QED) is 0.756. The van der Waals surface area contributed by atoms with Gasteiger partial charge in [-0.2, -0.15) is 5.10 Å². The molecule has 3 N–H and O–H groups in total. The largest absolute Gasteiger partial charge is 0.398 e.